The summed E-state index contributed by atoms with van der Waals surface area (Å²) in [5.74, 6) is -0.618. The molecule has 4 aromatic rings. The van der Waals surface area contributed by atoms with E-state index in [0.717, 1.165) is 27.9 Å². The van der Waals surface area contributed by atoms with E-state index < -0.39 is 23.4 Å². The van der Waals surface area contributed by atoms with Gasteiger partial charge in [-0.25, -0.2) is 9.78 Å². The van der Waals surface area contributed by atoms with Crippen LogP contribution in [0.25, 0.3) is 22.6 Å². The zero-order chi connectivity index (χ0) is 25.1. The first-order valence-corrected chi connectivity index (χ1v) is 12.2. The lowest BCUT2D eigenvalue weighted by Crippen LogP contribution is -2.48. The number of thioether (sulfide) groups is 1. The molecule has 180 valence electrons. The highest BCUT2D eigenvalue weighted by Crippen LogP contribution is 2.35. The van der Waals surface area contributed by atoms with E-state index in [4.69, 9.17) is 4.42 Å². The normalized spacial score (nSPS) is 17.2. The number of carbonyl (C=O) groups is 3. The van der Waals surface area contributed by atoms with Gasteiger partial charge in [0.2, 0.25) is 5.91 Å². The first kappa shape index (κ1) is 23.4. The predicted molar refractivity (Wildman–Crippen MR) is 135 cm³/mol. The number of nitrogens with zero attached hydrogens (tertiary/aromatic N) is 2. The average molecular weight is 499 g/mol. The Bertz CT molecular complexity index is 1350. The van der Waals surface area contributed by atoms with Crippen LogP contribution in [0.4, 0.5) is 4.79 Å². The van der Waals surface area contributed by atoms with Gasteiger partial charge in [-0.05, 0) is 12.5 Å². The Labute approximate surface area is 211 Å². The second-order valence-electron chi connectivity index (χ2n) is 8.27. The Balaban J connectivity index is 1.30. The van der Waals surface area contributed by atoms with Gasteiger partial charge in [-0.15, -0.1) is 0 Å². The maximum atomic E-state index is 13.0. The summed E-state index contributed by atoms with van der Waals surface area (Å²) in [5, 5.41) is 3.68. The third kappa shape index (κ3) is 4.48. The van der Waals surface area contributed by atoms with Gasteiger partial charge in [0.25, 0.3) is 11.1 Å². The Morgan fingerprint density at radius 1 is 0.944 bits per heavy atom. The Kier molecular flexibility index (Phi) is 6.30. The van der Waals surface area contributed by atoms with Gasteiger partial charge >= 0.3 is 6.03 Å². The van der Waals surface area contributed by atoms with E-state index in [0.29, 0.717) is 22.2 Å². The van der Waals surface area contributed by atoms with Crippen LogP contribution < -0.4 is 10.7 Å². The fourth-order valence-electron chi connectivity index (χ4n) is 3.93. The van der Waals surface area contributed by atoms with E-state index in [-0.39, 0.29) is 5.75 Å². The standard InChI is InChI=1S/C27H22N4O4S/c1-27(20-15-9-4-10-16-20)24(33)31(25(34)29-27)30-21(32)17-36-26-28-22(18-11-5-2-6-12-18)23(35-26)19-13-7-3-8-14-19/h2-16H,17H2,1H3,(H,29,34)(H,30,32). The number of hydrogen-bond donors (Lipinski definition) is 2. The summed E-state index contributed by atoms with van der Waals surface area (Å²) in [5.41, 5.74) is 4.17. The first-order chi connectivity index (χ1) is 17.5. The minimum Gasteiger partial charge on any atom is -0.431 e. The van der Waals surface area contributed by atoms with Gasteiger partial charge in [0.1, 0.15) is 11.2 Å². The zero-order valence-corrected chi connectivity index (χ0v) is 20.1. The molecule has 36 heavy (non-hydrogen) atoms. The maximum Gasteiger partial charge on any atom is 0.344 e. The number of amides is 4. The summed E-state index contributed by atoms with van der Waals surface area (Å²) >= 11 is 1.08. The lowest BCUT2D eigenvalue weighted by Gasteiger charge is -2.22. The van der Waals surface area contributed by atoms with Crippen LogP contribution in [0.5, 0.6) is 0 Å². The number of hydrazine groups is 1. The number of urea groups is 1. The van der Waals surface area contributed by atoms with Crippen LogP contribution in [0.3, 0.4) is 0 Å². The van der Waals surface area contributed by atoms with Crippen molar-refractivity contribution in [3.05, 3.63) is 96.6 Å². The molecule has 1 aromatic heterocycles. The molecule has 2 N–H and O–H groups in total. The van der Waals surface area contributed by atoms with Crippen molar-refractivity contribution in [1.29, 1.82) is 0 Å². The lowest BCUT2D eigenvalue weighted by atomic mass is 9.92. The molecular weight excluding hydrogens is 476 g/mol. The molecule has 5 rings (SSSR count). The van der Waals surface area contributed by atoms with Gasteiger partial charge in [-0.3, -0.25) is 15.0 Å². The number of nitrogens with one attached hydrogen (secondary N) is 2. The van der Waals surface area contributed by atoms with Crippen molar-refractivity contribution in [1.82, 2.24) is 20.7 Å². The van der Waals surface area contributed by atoms with E-state index >= 15 is 0 Å². The van der Waals surface area contributed by atoms with Gasteiger partial charge in [-0.1, -0.05) is 103 Å². The predicted octanol–water partition coefficient (Wildman–Crippen LogP) is 4.60. The molecule has 8 nitrogen and oxygen atoms in total. The minimum absolute atomic E-state index is 0.109. The van der Waals surface area contributed by atoms with Crippen molar-refractivity contribution in [2.75, 3.05) is 5.75 Å². The summed E-state index contributed by atoms with van der Waals surface area (Å²) < 4.78 is 6.02. The molecule has 1 aliphatic rings. The number of imide groups is 1. The number of oxazole rings is 1. The smallest absolute Gasteiger partial charge is 0.344 e. The van der Waals surface area contributed by atoms with Gasteiger partial charge < -0.3 is 9.73 Å². The van der Waals surface area contributed by atoms with Crippen LogP contribution in [0.15, 0.2) is 101 Å². The molecule has 0 radical (unpaired) electrons. The third-order valence-electron chi connectivity index (χ3n) is 5.80. The molecule has 1 aliphatic heterocycles. The number of rotatable bonds is 7. The van der Waals surface area contributed by atoms with Gasteiger partial charge in [-0.2, -0.15) is 5.01 Å². The fourth-order valence-corrected chi connectivity index (χ4v) is 4.55. The van der Waals surface area contributed by atoms with Crippen LogP contribution in [0, 0.1) is 0 Å². The lowest BCUT2D eigenvalue weighted by molar-refractivity contribution is -0.138. The van der Waals surface area contributed by atoms with Crippen LogP contribution in [-0.4, -0.2) is 33.6 Å². The maximum absolute atomic E-state index is 13.0. The van der Waals surface area contributed by atoms with Gasteiger partial charge in [0.05, 0.1) is 5.75 Å². The van der Waals surface area contributed by atoms with Crippen molar-refractivity contribution in [2.45, 2.75) is 17.7 Å². The van der Waals surface area contributed by atoms with Crippen LogP contribution >= 0.6 is 11.8 Å². The Morgan fingerprint density at radius 2 is 1.53 bits per heavy atom. The SMILES string of the molecule is CC1(c2ccccc2)NC(=O)N(NC(=O)CSc2nc(-c3ccccc3)c(-c3ccccc3)o2)C1=O. The molecule has 0 aliphatic carbocycles. The highest BCUT2D eigenvalue weighted by Gasteiger charge is 2.49. The van der Waals surface area contributed by atoms with E-state index in [1.165, 1.54) is 0 Å². The fraction of sp³-hybridized carbons (Fsp3) is 0.111. The highest BCUT2D eigenvalue weighted by atomic mass is 32.2. The molecule has 3 aromatic carbocycles. The Morgan fingerprint density at radius 3 is 2.17 bits per heavy atom. The summed E-state index contributed by atoms with van der Waals surface area (Å²) in [7, 11) is 0. The molecule has 1 saturated heterocycles. The third-order valence-corrected chi connectivity index (χ3v) is 6.62. The van der Waals surface area contributed by atoms with Crippen LogP contribution in [0.2, 0.25) is 0 Å². The zero-order valence-electron chi connectivity index (χ0n) is 19.3. The van der Waals surface area contributed by atoms with Crippen molar-refractivity contribution < 1.29 is 18.8 Å². The topological polar surface area (TPSA) is 105 Å². The van der Waals surface area contributed by atoms with Crippen molar-refractivity contribution in [3.8, 4) is 22.6 Å². The second-order valence-corrected chi connectivity index (χ2v) is 9.20. The summed E-state index contributed by atoms with van der Waals surface area (Å²) in [4.78, 5) is 42.8. The number of carbonyl (C=O) groups excluding carboxylic acids is 3. The average Bonchev–Trinajstić information content (AvgIpc) is 3.44. The highest BCUT2D eigenvalue weighted by molar-refractivity contribution is 7.99. The molecule has 2 heterocycles. The number of benzene rings is 3. The molecule has 4 amide bonds. The molecule has 0 spiro atoms. The molecule has 1 atom stereocenters. The summed E-state index contributed by atoms with van der Waals surface area (Å²) in [6.07, 6.45) is 0. The van der Waals surface area contributed by atoms with Gasteiger partial charge in [0.15, 0.2) is 5.76 Å². The number of hydrogen-bond acceptors (Lipinski definition) is 6. The van der Waals surface area contributed by atoms with Gasteiger partial charge in [0, 0.05) is 11.1 Å². The van der Waals surface area contributed by atoms with E-state index in [9.17, 15) is 14.4 Å². The summed E-state index contributed by atoms with van der Waals surface area (Å²) in [6, 6.07) is 27.4. The molecule has 9 heteroatoms. The largest absolute Gasteiger partial charge is 0.431 e. The van der Waals surface area contributed by atoms with Crippen LogP contribution in [0.1, 0.15) is 12.5 Å². The molecular formula is C27H22N4O4S. The monoisotopic (exact) mass is 498 g/mol. The van der Waals surface area contributed by atoms with Crippen molar-refractivity contribution in [3.63, 3.8) is 0 Å². The molecule has 1 unspecified atom stereocenters. The van der Waals surface area contributed by atoms with E-state index in [1.54, 1.807) is 31.2 Å². The molecule has 1 fully saturated rings. The molecule has 0 saturated carbocycles. The van der Waals surface area contributed by atoms with Crippen molar-refractivity contribution >= 4 is 29.6 Å². The second kappa shape index (κ2) is 9.71. The van der Waals surface area contributed by atoms with Crippen molar-refractivity contribution in [2.24, 2.45) is 0 Å². The minimum atomic E-state index is -1.27. The van der Waals surface area contributed by atoms with E-state index in [2.05, 4.69) is 15.7 Å². The molecule has 0 bridgehead atoms. The summed E-state index contributed by atoms with van der Waals surface area (Å²) in [6.45, 7) is 1.60. The number of aromatic nitrogens is 1. The first-order valence-electron chi connectivity index (χ1n) is 11.2. The quantitative estimate of drug-likeness (QED) is 0.285. The Hall–Kier alpha value is -4.37. The van der Waals surface area contributed by atoms with Crippen LogP contribution in [-0.2, 0) is 15.1 Å². The van der Waals surface area contributed by atoms with E-state index in [1.807, 2.05) is 66.7 Å².